The summed E-state index contributed by atoms with van der Waals surface area (Å²) in [4.78, 5) is 32.5. The summed E-state index contributed by atoms with van der Waals surface area (Å²) in [5.74, 6) is -0.848. The number of nitrogen functional groups attached to an aromatic ring is 1. The number of benzene rings is 2. The van der Waals surface area contributed by atoms with E-state index in [1.165, 1.54) is 19.2 Å². The van der Waals surface area contributed by atoms with Crippen molar-refractivity contribution in [3.8, 4) is 0 Å². The van der Waals surface area contributed by atoms with E-state index in [1.54, 1.807) is 45.0 Å². The minimum Gasteiger partial charge on any atom is -0.465 e. The van der Waals surface area contributed by atoms with Crippen LogP contribution in [0.25, 0.3) is 0 Å². The number of methoxy groups -OCH3 is 1. The van der Waals surface area contributed by atoms with Crippen LogP contribution in [0.1, 0.15) is 41.5 Å². The van der Waals surface area contributed by atoms with Crippen molar-refractivity contribution in [1.29, 1.82) is 0 Å². The molecule has 0 saturated heterocycles. The van der Waals surface area contributed by atoms with Gasteiger partial charge >= 0.3 is 12.1 Å². The fraction of sp³-hybridized carbons (Fsp3) is 0.250. The molecule has 0 radical (unpaired) electrons. The molecule has 0 fully saturated rings. The Balaban J connectivity index is 0.000000292. The van der Waals surface area contributed by atoms with Gasteiger partial charge in [0.2, 0.25) is 0 Å². The van der Waals surface area contributed by atoms with Gasteiger partial charge in [-0.1, -0.05) is 12.1 Å². The van der Waals surface area contributed by atoms with Crippen molar-refractivity contribution in [3.63, 3.8) is 0 Å². The van der Waals surface area contributed by atoms with Gasteiger partial charge in [-0.2, -0.15) is 0 Å². The summed E-state index contributed by atoms with van der Waals surface area (Å²) in [7, 11) is 1.32. The number of carbonyl (C=O) groups excluding carboxylic acids is 3. The van der Waals surface area contributed by atoms with Crippen LogP contribution in [0.3, 0.4) is 0 Å². The number of rotatable bonds is 3. The first-order valence-electron chi connectivity index (χ1n) is 8.24. The van der Waals surface area contributed by atoms with Crippen molar-refractivity contribution in [3.05, 3.63) is 59.4 Å². The van der Waals surface area contributed by atoms with Crippen LogP contribution in [0.2, 0.25) is 0 Å². The van der Waals surface area contributed by atoms with E-state index in [9.17, 15) is 18.8 Å². The standard InChI is InChI=1S/C11H15FN2O2.C9H8O3/c1-11(2,3)16-10(15)14-9-5-4-7(12)6-8(9)13;1-12-9(11)8-4-2-7(6-10)3-5-8/h4-6H,13H2,1-3H3,(H,14,15);2-6H,1H3. The quantitative estimate of drug-likeness (QED) is 0.465. The van der Waals surface area contributed by atoms with Gasteiger partial charge in [0.25, 0.3) is 0 Å². The zero-order chi connectivity index (χ0) is 21.3. The molecule has 0 heterocycles. The minimum atomic E-state index is -0.620. The summed E-state index contributed by atoms with van der Waals surface area (Å²) in [5.41, 5.74) is 6.42. The summed E-state index contributed by atoms with van der Waals surface area (Å²) < 4.78 is 22.2. The van der Waals surface area contributed by atoms with Crippen molar-refractivity contribution >= 4 is 29.7 Å². The topological polar surface area (TPSA) is 108 Å². The maximum absolute atomic E-state index is 12.7. The lowest BCUT2D eigenvalue weighted by Crippen LogP contribution is -2.27. The van der Waals surface area contributed by atoms with Gasteiger partial charge in [-0.3, -0.25) is 10.1 Å². The fourth-order valence-electron chi connectivity index (χ4n) is 1.88. The first-order chi connectivity index (χ1) is 13.1. The van der Waals surface area contributed by atoms with Gasteiger partial charge in [0, 0.05) is 5.56 Å². The molecule has 0 spiro atoms. The molecule has 2 rings (SSSR count). The molecule has 7 nitrogen and oxygen atoms in total. The molecule has 3 N–H and O–H groups in total. The van der Waals surface area contributed by atoms with Crippen LogP contribution in [0.5, 0.6) is 0 Å². The van der Waals surface area contributed by atoms with E-state index in [0.29, 0.717) is 16.8 Å². The highest BCUT2D eigenvalue weighted by atomic mass is 19.1. The van der Waals surface area contributed by atoms with Gasteiger partial charge in [0.05, 0.1) is 24.0 Å². The normalized spacial score (nSPS) is 10.2. The molecule has 2 aromatic rings. The first-order valence-corrected chi connectivity index (χ1v) is 8.24. The maximum Gasteiger partial charge on any atom is 0.412 e. The van der Waals surface area contributed by atoms with Crippen LogP contribution in [0, 0.1) is 5.82 Å². The van der Waals surface area contributed by atoms with Crippen LogP contribution in [0.15, 0.2) is 42.5 Å². The molecule has 0 aliphatic carbocycles. The average molecular weight is 390 g/mol. The van der Waals surface area contributed by atoms with E-state index >= 15 is 0 Å². The molecule has 0 aromatic heterocycles. The van der Waals surface area contributed by atoms with Crippen LogP contribution >= 0.6 is 0 Å². The second kappa shape index (κ2) is 10.1. The van der Waals surface area contributed by atoms with E-state index in [0.717, 1.165) is 12.4 Å². The lowest BCUT2D eigenvalue weighted by atomic mass is 10.1. The number of esters is 1. The van der Waals surface area contributed by atoms with Gasteiger partial charge in [-0.25, -0.2) is 14.0 Å². The van der Waals surface area contributed by atoms with Gasteiger partial charge in [-0.15, -0.1) is 0 Å². The van der Waals surface area contributed by atoms with Gasteiger partial charge in [0.15, 0.2) is 0 Å². The van der Waals surface area contributed by atoms with E-state index in [4.69, 9.17) is 10.5 Å². The van der Waals surface area contributed by atoms with E-state index in [1.807, 2.05) is 0 Å². The predicted molar refractivity (Wildman–Crippen MR) is 104 cm³/mol. The lowest BCUT2D eigenvalue weighted by Gasteiger charge is -2.20. The highest BCUT2D eigenvalue weighted by molar-refractivity contribution is 5.90. The first kappa shape index (κ1) is 22.6. The smallest absolute Gasteiger partial charge is 0.412 e. The van der Waals surface area contributed by atoms with Crippen LogP contribution in [-0.4, -0.2) is 31.1 Å². The summed E-state index contributed by atoms with van der Waals surface area (Å²) in [6.45, 7) is 5.25. The largest absolute Gasteiger partial charge is 0.465 e. The molecule has 0 saturated carbocycles. The van der Waals surface area contributed by atoms with Gasteiger partial charge < -0.3 is 15.2 Å². The number of carbonyl (C=O) groups is 3. The molecule has 0 atom stereocenters. The Morgan fingerprint density at radius 3 is 2.18 bits per heavy atom. The Labute approximate surface area is 162 Å². The molecule has 8 heteroatoms. The van der Waals surface area contributed by atoms with Crippen molar-refractivity contribution in [2.24, 2.45) is 0 Å². The molecular weight excluding hydrogens is 367 g/mol. The second-order valence-corrected chi connectivity index (χ2v) is 6.59. The Morgan fingerprint density at radius 1 is 1.11 bits per heavy atom. The number of nitrogens with two attached hydrogens (primary N) is 1. The van der Waals surface area contributed by atoms with E-state index in [-0.39, 0.29) is 5.69 Å². The molecule has 28 heavy (non-hydrogen) atoms. The average Bonchev–Trinajstić information content (AvgIpc) is 2.62. The number of nitrogens with one attached hydrogen (secondary N) is 1. The van der Waals surface area contributed by atoms with Crippen LogP contribution in [0.4, 0.5) is 20.6 Å². The zero-order valence-corrected chi connectivity index (χ0v) is 16.1. The van der Waals surface area contributed by atoms with Crippen molar-refractivity contribution in [1.82, 2.24) is 0 Å². The third kappa shape index (κ3) is 7.86. The third-order valence-corrected chi connectivity index (χ3v) is 3.12. The Kier molecular flexibility index (Phi) is 8.12. The van der Waals surface area contributed by atoms with Crippen LogP contribution in [-0.2, 0) is 9.47 Å². The maximum atomic E-state index is 12.7. The van der Waals surface area contributed by atoms with Crippen molar-refractivity contribution < 1.29 is 28.2 Å². The van der Waals surface area contributed by atoms with Gasteiger partial charge in [0.1, 0.15) is 17.7 Å². The molecule has 0 aliphatic heterocycles. The zero-order valence-electron chi connectivity index (χ0n) is 16.1. The Morgan fingerprint density at radius 2 is 1.71 bits per heavy atom. The van der Waals surface area contributed by atoms with Crippen molar-refractivity contribution in [2.75, 3.05) is 18.2 Å². The second-order valence-electron chi connectivity index (χ2n) is 6.59. The highest BCUT2D eigenvalue weighted by Crippen LogP contribution is 2.20. The Bertz CT molecular complexity index is 829. The Hall–Kier alpha value is -3.42. The number of halogens is 1. The number of hydrogen-bond acceptors (Lipinski definition) is 6. The van der Waals surface area contributed by atoms with Gasteiger partial charge in [-0.05, 0) is 51.1 Å². The molecule has 2 aromatic carbocycles. The summed E-state index contributed by atoms with van der Waals surface area (Å²) in [6, 6.07) is 9.97. The summed E-state index contributed by atoms with van der Waals surface area (Å²) in [6.07, 6.45) is 0.104. The van der Waals surface area contributed by atoms with Crippen LogP contribution < -0.4 is 11.1 Å². The number of anilines is 2. The molecular formula is C20H23FN2O5. The predicted octanol–water partition coefficient (Wildman–Crippen LogP) is 4.04. The SMILES string of the molecule is CC(C)(C)OC(=O)Nc1ccc(F)cc1N.COC(=O)c1ccc(C=O)cc1. The lowest BCUT2D eigenvalue weighted by molar-refractivity contribution is 0.0598. The number of aldehydes is 1. The molecule has 0 bridgehead atoms. The monoisotopic (exact) mass is 390 g/mol. The third-order valence-electron chi connectivity index (χ3n) is 3.12. The number of ether oxygens (including phenoxy) is 2. The molecule has 0 aliphatic rings. The molecule has 0 unspecified atom stereocenters. The number of hydrogen-bond donors (Lipinski definition) is 2. The minimum absolute atomic E-state index is 0.158. The summed E-state index contributed by atoms with van der Waals surface area (Å²) >= 11 is 0. The fourth-order valence-corrected chi connectivity index (χ4v) is 1.88. The van der Waals surface area contributed by atoms with Crippen molar-refractivity contribution in [2.45, 2.75) is 26.4 Å². The molecule has 150 valence electrons. The summed E-state index contributed by atoms with van der Waals surface area (Å²) in [5, 5.41) is 2.44. The van der Waals surface area contributed by atoms with E-state index < -0.39 is 23.5 Å². The highest BCUT2D eigenvalue weighted by Gasteiger charge is 2.16. The molecule has 1 amide bonds. The van der Waals surface area contributed by atoms with E-state index in [2.05, 4.69) is 10.1 Å². The number of amides is 1.